The SMILES string of the molecule is CCOC(=O)C(=O)N[C@H]1CC(=O)N(c2ccc(OC)c(OC)c2)C1. The van der Waals surface area contributed by atoms with E-state index in [4.69, 9.17) is 9.47 Å². The van der Waals surface area contributed by atoms with E-state index in [2.05, 4.69) is 10.1 Å². The summed E-state index contributed by atoms with van der Waals surface area (Å²) < 4.78 is 15.0. The molecular weight excluding hydrogens is 316 g/mol. The quantitative estimate of drug-likeness (QED) is 0.621. The zero-order chi connectivity index (χ0) is 17.7. The lowest BCUT2D eigenvalue weighted by Gasteiger charge is -2.18. The second-order valence-corrected chi connectivity index (χ2v) is 5.14. The number of anilines is 1. The van der Waals surface area contributed by atoms with Gasteiger partial charge in [-0.25, -0.2) is 4.79 Å². The Bertz CT molecular complexity index is 645. The average molecular weight is 336 g/mol. The summed E-state index contributed by atoms with van der Waals surface area (Å²) in [6, 6.07) is 4.66. The summed E-state index contributed by atoms with van der Waals surface area (Å²) in [6.07, 6.45) is 0.111. The smallest absolute Gasteiger partial charge is 0.396 e. The number of benzene rings is 1. The number of rotatable bonds is 5. The fourth-order valence-corrected chi connectivity index (χ4v) is 2.49. The van der Waals surface area contributed by atoms with Crippen LogP contribution in [-0.2, 0) is 19.1 Å². The number of hydrogen-bond donors (Lipinski definition) is 1. The van der Waals surface area contributed by atoms with Crippen molar-refractivity contribution in [2.75, 3.05) is 32.3 Å². The van der Waals surface area contributed by atoms with E-state index in [0.717, 1.165) is 0 Å². The molecule has 1 heterocycles. The van der Waals surface area contributed by atoms with Crippen molar-refractivity contribution in [3.63, 3.8) is 0 Å². The third kappa shape index (κ3) is 3.76. The number of ether oxygens (including phenoxy) is 3. The largest absolute Gasteiger partial charge is 0.493 e. The maximum Gasteiger partial charge on any atom is 0.396 e. The molecule has 0 radical (unpaired) electrons. The molecule has 2 amide bonds. The molecule has 0 unspecified atom stereocenters. The highest BCUT2D eigenvalue weighted by Crippen LogP contribution is 2.33. The lowest BCUT2D eigenvalue weighted by Crippen LogP contribution is -2.41. The van der Waals surface area contributed by atoms with Crippen LogP contribution in [-0.4, -0.2) is 51.2 Å². The fraction of sp³-hybridized carbons (Fsp3) is 0.438. The maximum absolute atomic E-state index is 12.2. The predicted molar refractivity (Wildman–Crippen MR) is 85.1 cm³/mol. The van der Waals surface area contributed by atoms with Crippen LogP contribution >= 0.6 is 0 Å². The summed E-state index contributed by atoms with van der Waals surface area (Å²) in [5, 5.41) is 2.51. The fourth-order valence-electron chi connectivity index (χ4n) is 2.49. The van der Waals surface area contributed by atoms with E-state index in [1.807, 2.05) is 0 Å². The van der Waals surface area contributed by atoms with Crippen molar-refractivity contribution >= 4 is 23.5 Å². The van der Waals surface area contributed by atoms with Gasteiger partial charge in [0.25, 0.3) is 0 Å². The number of carbonyl (C=O) groups excluding carboxylic acids is 3. The summed E-state index contributed by atoms with van der Waals surface area (Å²) in [5.74, 6) is -0.892. The molecule has 1 aromatic rings. The molecule has 1 N–H and O–H groups in total. The summed E-state index contributed by atoms with van der Waals surface area (Å²) >= 11 is 0. The Kier molecular flexibility index (Phi) is 5.62. The first-order valence-corrected chi connectivity index (χ1v) is 7.50. The minimum Gasteiger partial charge on any atom is -0.493 e. The van der Waals surface area contributed by atoms with Crippen LogP contribution in [0, 0.1) is 0 Å². The predicted octanol–water partition coefficient (Wildman–Crippen LogP) is 0.488. The minimum absolute atomic E-state index is 0.111. The molecule has 2 rings (SSSR count). The second-order valence-electron chi connectivity index (χ2n) is 5.14. The Morgan fingerprint density at radius 1 is 1.25 bits per heavy atom. The van der Waals surface area contributed by atoms with Crippen LogP contribution in [0.25, 0.3) is 0 Å². The van der Waals surface area contributed by atoms with Gasteiger partial charge in [0.05, 0.1) is 26.9 Å². The van der Waals surface area contributed by atoms with Crippen molar-refractivity contribution < 1.29 is 28.6 Å². The molecule has 1 aliphatic heterocycles. The monoisotopic (exact) mass is 336 g/mol. The average Bonchev–Trinajstić information content (AvgIpc) is 2.94. The Morgan fingerprint density at radius 2 is 1.96 bits per heavy atom. The van der Waals surface area contributed by atoms with E-state index in [9.17, 15) is 14.4 Å². The van der Waals surface area contributed by atoms with Crippen molar-refractivity contribution in [2.24, 2.45) is 0 Å². The van der Waals surface area contributed by atoms with Crippen LogP contribution in [0.4, 0.5) is 5.69 Å². The summed E-state index contributed by atoms with van der Waals surface area (Å²) in [5.41, 5.74) is 0.630. The number of esters is 1. The van der Waals surface area contributed by atoms with E-state index in [-0.39, 0.29) is 25.5 Å². The van der Waals surface area contributed by atoms with E-state index in [1.54, 1.807) is 25.1 Å². The van der Waals surface area contributed by atoms with Crippen LogP contribution in [0.2, 0.25) is 0 Å². The Morgan fingerprint density at radius 3 is 2.58 bits per heavy atom. The molecule has 0 aromatic heterocycles. The molecule has 1 atom stereocenters. The van der Waals surface area contributed by atoms with Gasteiger partial charge in [-0.15, -0.1) is 0 Å². The number of amides is 2. The normalized spacial score (nSPS) is 16.7. The Labute approximate surface area is 139 Å². The molecule has 24 heavy (non-hydrogen) atoms. The van der Waals surface area contributed by atoms with Crippen molar-refractivity contribution in [3.05, 3.63) is 18.2 Å². The van der Waals surface area contributed by atoms with E-state index >= 15 is 0 Å². The molecule has 0 saturated carbocycles. The van der Waals surface area contributed by atoms with Gasteiger partial charge in [0.15, 0.2) is 11.5 Å². The second kappa shape index (κ2) is 7.67. The van der Waals surface area contributed by atoms with E-state index in [1.165, 1.54) is 19.1 Å². The Hall–Kier alpha value is -2.77. The minimum atomic E-state index is -0.950. The van der Waals surface area contributed by atoms with Gasteiger partial charge in [-0.1, -0.05) is 0 Å². The molecule has 0 bridgehead atoms. The van der Waals surface area contributed by atoms with Gasteiger partial charge in [0, 0.05) is 24.7 Å². The molecule has 1 aromatic carbocycles. The number of carbonyl (C=O) groups is 3. The lowest BCUT2D eigenvalue weighted by atomic mass is 10.2. The van der Waals surface area contributed by atoms with Crippen LogP contribution in [0.1, 0.15) is 13.3 Å². The standard InChI is InChI=1S/C16H20N2O6/c1-4-24-16(21)15(20)17-10-7-14(19)18(9-10)11-5-6-12(22-2)13(8-11)23-3/h5-6,8,10H,4,7,9H2,1-3H3,(H,17,20)/t10-/m0/s1. The van der Waals surface area contributed by atoms with Gasteiger partial charge < -0.3 is 24.4 Å². The van der Waals surface area contributed by atoms with Crippen LogP contribution in [0.5, 0.6) is 11.5 Å². The molecule has 0 aliphatic carbocycles. The van der Waals surface area contributed by atoms with Crippen molar-refractivity contribution in [3.8, 4) is 11.5 Å². The van der Waals surface area contributed by atoms with Gasteiger partial charge in [0.2, 0.25) is 5.91 Å². The molecule has 8 nitrogen and oxygen atoms in total. The molecule has 0 spiro atoms. The summed E-state index contributed by atoms with van der Waals surface area (Å²) in [7, 11) is 3.04. The molecule has 8 heteroatoms. The maximum atomic E-state index is 12.2. The number of nitrogens with one attached hydrogen (secondary N) is 1. The first kappa shape index (κ1) is 17.6. The Balaban J connectivity index is 2.07. The van der Waals surface area contributed by atoms with Crippen LogP contribution < -0.4 is 19.7 Å². The van der Waals surface area contributed by atoms with Crippen LogP contribution in [0.15, 0.2) is 18.2 Å². The van der Waals surface area contributed by atoms with Crippen molar-refractivity contribution in [1.82, 2.24) is 5.32 Å². The zero-order valence-corrected chi connectivity index (χ0v) is 13.8. The van der Waals surface area contributed by atoms with E-state index in [0.29, 0.717) is 17.2 Å². The highest BCUT2D eigenvalue weighted by Gasteiger charge is 2.33. The van der Waals surface area contributed by atoms with Crippen molar-refractivity contribution in [1.29, 1.82) is 0 Å². The molecule has 130 valence electrons. The highest BCUT2D eigenvalue weighted by atomic mass is 16.5. The number of nitrogens with zero attached hydrogens (tertiary/aromatic N) is 1. The third-order valence-electron chi connectivity index (χ3n) is 3.60. The van der Waals surface area contributed by atoms with Crippen LogP contribution in [0.3, 0.4) is 0 Å². The topological polar surface area (TPSA) is 94.2 Å². The van der Waals surface area contributed by atoms with Crippen molar-refractivity contribution in [2.45, 2.75) is 19.4 Å². The van der Waals surface area contributed by atoms with E-state index < -0.39 is 17.9 Å². The summed E-state index contributed by atoms with van der Waals surface area (Å²) in [4.78, 5) is 36.8. The molecule has 1 fully saturated rings. The van der Waals surface area contributed by atoms with Gasteiger partial charge in [-0.05, 0) is 19.1 Å². The third-order valence-corrected chi connectivity index (χ3v) is 3.60. The van der Waals surface area contributed by atoms with Gasteiger partial charge >= 0.3 is 11.9 Å². The van der Waals surface area contributed by atoms with Gasteiger partial charge in [-0.3, -0.25) is 9.59 Å². The van der Waals surface area contributed by atoms with Gasteiger partial charge in [-0.2, -0.15) is 0 Å². The number of hydrogen-bond acceptors (Lipinski definition) is 6. The molecular formula is C16H20N2O6. The molecule has 1 aliphatic rings. The molecule has 1 saturated heterocycles. The highest BCUT2D eigenvalue weighted by molar-refractivity contribution is 6.32. The zero-order valence-electron chi connectivity index (χ0n) is 13.8. The summed E-state index contributed by atoms with van der Waals surface area (Å²) in [6.45, 7) is 2.00. The lowest BCUT2D eigenvalue weighted by molar-refractivity contribution is -0.154. The first-order chi connectivity index (χ1) is 11.5. The number of methoxy groups -OCH3 is 2. The van der Waals surface area contributed by atoms with Gasteiger partial charge in [0.1, 0.15) is 0 Å². The first-order valence-electron chi connectivity index (χ1n) is 7.50.